The lowest BCUT2D eigenvalue weighted by Gasteiger charge is -2.31. The Balaban J connectivity index is 0.000000858. The number of rotatable bonds is 7. The largest absolute Gasteiger partial charge is 0.483 e. The molecule has 0 saturated carbocycles. The van der Waals surface area contributed by atoms with Gasteiger partial charge in [-0.25, -0.2) is 9.97 Å². The fraction of sp³-hybridized carbons (Fsp3) is 0.455. The van der Waals surface area contributed by atoms with Crippen molar-refractivity contribution in [2.24, 2.45) is 5.92 Å². The first kappa shape index (κ1) is 22.9. The Labute approximate surface area is 185 Å². The van der Waals surface area contributed by atoms with E-state index in [2.05, 4.69) is 32.5 Å². The van der Waals surface area contributed by atoms with Crippen molar-refractivity contribution < 1.29 is 14.7 Å². The van der Waals surface area contributed by atoms with E-state index in [0.29, 0.717) is 18.9 Å². The lowest BCUT2D eigenvalue weighted by Crippen LogP contribution is -2.38. The van der Waals surface area contributed by atoms with Gasteiger partial charge in [0.2, 0.25) is 5.91 Å². The molecule has 9 heteroatoms. The minimum absolute atomic E-state index is 0.123. The maximum absolute atomic E-state index is 12.3. The van der Waals surface area contributed by atoms with Crippen LogP contribution in [0.3, 0.4) is 0 Å². The first-order valence-electron chi connectivity index (χ1n) is 10.5. The summed E-state index contributed by atoms with van der Waals surface area (Å²) in [6.07, 6.45) is 4.57. The zero-order valence-corrected chi connectivity index (χ0v) is 18.6. The van der Waals surface area contributed by atoms with E-state index < -0.39 is 0 Å². The van der Waals surface area contributed by atoms with Gasteiger partial charge in [0.25, 0.3) is 6.47 Å². The number of imidazole rings is 1. The van der Waals surface area contributed by atoms with Gasteiger partial charge < -0.3 is 15.0 Å². The molecule has 0 aliphatic carbocycles. The van der Waals surface area contributed by atoms with E-state index in [1.165, 1.54) is 5.69 Å². The van der Waals surface area contributed by atoms with Crippen molar-refractivity contribution in [3.63, 3.8) is 0 Å². The van der Waals surface area contributed by atoms with Crippen LogP contribution in [0.5, 0.6) is 0 Å². The van der Waals surface area contributed by atoms with E-state index in [9.17, 15) is 4.79 Å². The molecular formula is C22H29N5O3S. The third kappa shape index (κ3) is 6.86. The number of nitrogens with zero attached hydrogens (tertiary/aromatic N) is 4. The van der Waals surface area contributed by atoms with Crippen molar-refractivity contribution in [1.29, 1.82) is 0 Å². The summed E-state index contributed by atoms with van der Waals surface area (Å²) in [6, 6.07) is 8.02. The Kier molecular flexibility index (Phi) is 8.54. The second-order valence-electron chi connectivity index (χ2n) is 7.66. The van der Waals surface area contributed by atoms with Crippen LogP contribution in [0.1, 0.15) is 30.0 Å². The number of thiazole rings is 1. The van der Waals surface area contributed by atoms with E-state index in [4.69, 9.17) is 9.90 Å². The molecule has 2 N–H and O–H groups in total. The van der Waals surface area contributed by atoms with E-state index >= 15 is 0 Å². The van der Waals surface area contributed by atoms with Crippen LogP contribution in [0.25, 0.3) is 11.0 Å². The van der Waals surface area contributed by atoms with Gasteiger partial charge in [0.1, 0.15) is 0 Å². The fourth-order valence-electron chi connectivity index (χ4n) is 3.82. The molecule has 1 aromatic carbocycles. The summed E-state index contributed by atoms with van der Waals surface area (Å²) < 4.78 is 2.05. The summed E-state index contributed by atoms with van der Waals surface area (Å²) >= 11 is 1.72. The number of benzene rings is 1. The van der Waals surface area contributed by atoms with Crippen molar-refractivity contribution in [3.05, 3.63) is 46.7 Å². The molecule has 1 saturated heterocycles. The first-order valence-corrected chi connectivity index (χ1v) is 11.3. The van der Waals surface area contributed by atoms with Crippen molar-refractivity contribution in [3.8, 4) is 0 Å². The topological polar surface area (TPSA) is 100 Å². The number of nitrogens with one attached hydrogen (secondary N) is 1. The minimum Gasteiger partial charge on any atom is -0.483 e. The number of piperidine rings is 1. The number of aromatic nitrogens is 3. The predicted molar refractivity (Wildman–Crippen MR) is 121 cm³/mol. The number of hydrogen-bond donors (Lipinski definition) is 2. The minimum atomic E-state index is -0.250. The van der Waals surface area contributed by atoms with E-state index in [0.717, 1.165) is 55.1 Å². The molecule has 0 bridgehead atoms. The normalized spacial score (nSPS) is 14.7. The highest BCUT2D eigenvalue weighted by Gasteiger charge is 2.20. The van der Waals surface area contributed by atoms with Gasteiger partial charge >= 0.3 is 0 Å². The number of carbonyl (C=O) groups excluding carboxylic acids is 1. The van der Waals surface area contributed by atoms with Gasteiger partial charge in [-0.1, -0.05) is 12.1 Å². The van der Waals surface area contributed by atoms with Crippen molar-refractivity contribution in [1.82, 2.24) is 24.8 Å². The molecule has 0 unspecified atom stereocenters. The second-order valence-corrected chi connectivity index (χ2v) is 8.73. The third-order valence-corrected chi connectivity index (χ3v) is 6.28. The van der Waals surface area contributed by atoms with Crippen LogP contribution < -0.4 is 5.32 Å². The van der Waals surface area contributed by atoms with Gasteiger partial charge in [-0.15, -0.1) is 11.3 Å². The number of aryl methyl sites for hydroxylation is 2. The molecule has 3 heterocycles. The summed E-state index contributed by atoms with van der Waals surface area (Å²) in [5.41, 5.74) is 3.24. The third-order valence-electron chi connectivity index (χ3n) is 5.45. The molecule has 8 nitrogen and oxygen atoms in total. The number of para-hydroxylation sites is 2. The molecule has 3 aromatic rings. The molecule has 1 aliphatic heterocycles. The Morgan fingerprint density at radius 3 is 2.77 bits per heavy atom. The summed E-state index contributed by atoms with van der Waals surface area (Å²) in [5.74, 6) is 0.699. The smallest absolute Gasteiger partial charge is 0.290 e. The molecule has 166 valence electrons. The monoisotopic (exact) mass is 443 g/mol. The number of hydrogen-bond acceptors (Lipinski definition) is 6. The maximum atomic E-state index is 12.3. The second kappa shape index (κ2) is 11.6. The number of fused-ring (bicyclic) bond motifs is 1. The van der Waals surface area contributed by atoms with Gasteiger partial charge in [-0.05, 0) is 50.9 Å². The molecule has 1 amide bonds. The summed E-state index contributed by atoms with van der Waals surface area (Å²) in [5, 5.41) is 13.3. The van der Waals surface area contributed by atoms with Crippen molar-refractivity contribution in [2.45, 2.75) is 39.3 Å². The first-order chi connectivity index (χ1) is 15.1. The molecule has 0 spiro atoms. The standard InChI is InChI=1S/C21H27N5OS.CH2O2/c1-16-24-18(14-28-16)13-25-9-6-17(7-10-25)12-22-21(27)8-11-26-15-23-19-4-2-3-5-20(19)26;2-1-3/h2-5,14-15,17H,6-13H2,1H3,(H,22,27);1H,(H,2,3). The van der Waals surface area contributed by atoms with Gasteiger partial charge in [-0.3, -0.25) is 14.5 Å². The van der Waals surface area contributed by atoms with Gasteiger partial charge in [0, 0.05) is 31.4 Å². The van der Waals surface area contributed by atoms with Gasteiger partial charge in [0.05, 0.1) is 28.1 Å². The lowest BCUT2D eigenvalue weighted by molar-refractivity contribution is -0.123. The van der Waals surface area contributed by atoms with Crippen LogP contribution in [0, 0.1) is 12.8 Å². The zero-order valence-electron chi connectivity index (χ0n) is 17.7. The van der Waals surface area contributed by atoms with Crippen molar-refractivity contribution in [2.75, 3.05) is 19.6 Å². The Bertz CT molecular complexity index is 978. The van der Waals surface area contributed by atoms with E-state index in [1.54, 1.807) is 11.3 Å². The highest BCUT2D eigenvalue weighted by Crippen LogP contribution is 2.19. The summed E-state index contributed by atoms with van der Waals surface area (Å²) in [6.45, 7) is 6.36. The average molecular weight is 444 g/mol. The van der Waals surface area contributed by atoms with Crippen LogP contribution in [-0.4, -0.2) is 56.6 Å². The number of carbonyl (C=O) groups is 2. The molecule has 4 rings (SSSR count). The van der Waals surface area contributed by atoms with Crippen LogP contribution in [0.4, 0.5) is 0 Å². The molecule has 0 atom stereocenters. The van der Waals surface area contributed by atoms with E-state index in [-0.39, 0.29) is 12.4 Å². The zero-order chi connectivity index (χ0) is 22.1. The molecule has 2 aromatic heterocycles. The SMILES string of the molecule is Cc1nc(CN2CCC(CNC(=O)CCn3cnc4ccccc43)CC2)cs1.O=CO. The Hall–Kier alpha value is -2.78. The number of likely N-dealkylation sites (tertiary alicyclic amines) is 1. The molecule has 0 radical (unpaired) electrons. The van der Waals surface area contributed by atoms with Crippen LogP contribution in [0.15, 0.2) is 36.0 Å². The van der Waals surface area contributed by atoms with E-state index in [1.807, 2.05) is 35.2 Å². The van der Waals surface area contributed by atoms with Gasteiger partial charge in [0.15, 0.2) is 0 Å². The highest BCUT2D eigenvalue weighted by molar-refractivity contribution is 7.09. The number of amides is 1. The Morgan fingerprint density at radius 1 is 1.32 bits per heavy atom. The average Bonchev–Trinajstić information content (AvgIpc) is 3.38. The molecule has 1 aliphatic rings. The summed E-state index contributed by atoms with van der Waals surface area (Å²) in [7, 11) is 0. The quantitative estimate of drug-likeness (QED) is 0.545. The lowest BCUT2D eigenvalue weighted by atomic mass is 9.96. The molecular weight excluding hydrogens is 414 g/mol. The number of carboxylic acid groups (broad SMARTS) is 1. The van der Waals surface area contributed by atoms with Crippen molar-refractivity contribution >= 4 is 34.7 Å². The van der Waals surface area contributed by atoms with Crippen LogP contribution in [-0.2, 0) is 22.7 Å². The van der Waals surface area contributed by atoms with Gasteiger partial charge in [-0.2, -0.15) is 0 Å². The van der Waals surface area contributed by atoms with Crippen LogP contribution >= 0.6 is 11.3 Å². The predicted octanol–water partition coefficient (Wildman–Crippen LogP) is 2.92. The molecule has 1 fully saturated rings. The highest BCUT2D eigenvalue weighted by atomic mass is 32.1. The fourth-order valence-corrected chi connectivity index (χ4v) is 4.42. The summed E-state index contributed by atoms with van der Waals surface area (Å²) in [4.78, 5) is 32.0. The Morgan fingerprint density at radius 2 is 2.06 bits per heavy atom. The maximum Gasteiger partial charge on any atom is 0.290 e. The molecule has 31 heavy (non-hydrogen) atoms. The van der Waals surface area contributed by atoms with Crippen LogP contribution in [0.2, 0.25) is 0 Å².